The first-order valence-corrected chi connectivity index (χ1v) is 14.1. The van der Waals surface area contributed by atoms with Gasteiger partial charge < -0.3 is 9.64 Å². The predicted molar refractivity (Wildman–Crippen MR) is 142 cm³/mol. The van der Waals surface area contributed by atoms with Gasteiger partial charge in [-0.15, -0.1) is 0 Å². The van der Waals surface area contributed by atoms with E-state index in [1.54, 1.807) is 0 Å². The minimum Gasteiger partial charge on any atom is -0.458 e. The molecule has 3 aliphatic rings. The molecule has 1 atom stereocenters. The summed E-state index contributed by atoms with van der Waals surface area (Å²) >= 11 is 0. The summed E-state index contributed by atoms with van der Waals surface area (Å²) < 4.78 is 21.3. The summed E-state index contributed by atoms with van der Waals surface area (Å²) in [6, 6.07) is 8.41. The van der Waals surface area contributed by atoms with Gasteiger partial charge in [0.2, 0.25) is 5.96 Å². The predicted octanol–water partition coefficient (Wildman–Crippen LogP) is 5.22. The maximum atomic E-state index is 13.4. The van der Waals surface area contributed by atoms with Crippen molar-refractivity contribution in [2.24, 2.45) is 4.99 Å². The Morgan fingerprint density at radius 3 is 2.41 bits per heavy atom. The highest BCUT2D eigenvalue weighted by atomic mass is 32.2. The van der Waals surface area contributed by atoms with Gasteiger partial charge in [-0.1, -0.05) is 39.7 Å². The Balaban J connectivity index is 0.00000158. The number of hydrogen-bond donors (Lipinski definition) is 0. The van der Waals surface area contributed by atoms with E-state index < -0.39 is 11.0 Å². The van der Waals surface area contributed by atoms with Gasteiger partial charge in [0.05, 0.1) is 18.0 Å². The smallest absolute Gasteiger partial charge is 0.209 e. The standard InChI is InChI=1S/C25H36N4O2S.C2H6/c1-3-5-10-22(7-4-2)31-23-11-13-24(14-12-23)32(30)29-16-15-26-25(29)28-19-17-27(18-20-28)21-8-6-9-21;1-2/h4,7,10-14,21H,3,5-6,8-9,15-20H2,1-2H3;1-2H3/b7-4-,22-10+;. The van der Waals surface area contributed by atoms with Gasteiger partial charge in [0.15, 0.2) is 11.0 Å². The fraction of sp³-hybridized carbons (Fsp3) is 0.593. The molecule has 1 aromatic carbocycles. The van der Waals surface area contributed by atoms with E-state index in [1.807, 2.05) is 61.5 Å². The van der Waals surface area contributed by atoms with Crippen molar-refractivity contribution in [1.82, 2.24) is 14.1 Å². The number of allylic oxidation sites excluding steroid dienone is 3. The number of ether oxygens (including phenoxy) is 1. The molecule has 0 aromatic heterocycles. The van der Waals surface area contributed by atoms with E-state index in [9.17, 15) is 4.21 Å². The lowest BCUT2D eigenvalue weighted by atomic mass is 9.91. The molecular formula is C27H42N4O2S. The average molecular weight is 487 g/mol. The van der Waals surface area contributed by atoms with Gasteiger partial charge in [0, 0.05) is 32.2 Å². The minimum atomic E-state index is -1.26. The summed E-state index contributed by atoms with van der Waals surface area (Å²) in [6.07, 6.45) is 12.2. The molecule has 34 heavy (non-hydrogen) atoms. The zero-order chi connectivity index (χ0) is 24.3. The van der Waals surface area contributed by atoms with Crippen molar-refractivity contribution in [3.8, 4) is 5.75 Å². The zero-order valence-electron chi connectivity index (χ0n) is 21.4. The Hall–Kier alpha value is -2.12. The van der Waals surface area contributed by atoms with Crippen LogP contribution in [0.3, 0.4) is 0 Å². The number of unbranched alkanes of at least 4 members (excludes halogenated alkanes) is 1. The normalized spacial score (nSPS) is 20.6. The molecule has 0 amide bonds. The Bertz CT molecular complexity index is 869. The summed E-state index contributed by atoms with van der Waals surface area (Å²) in [5.41, 5.74) is 0. The molecule has 2 aliphatic heterocycles. The monoisotopic (exact) mass is 486 g/mol. The van der Waals surface area contributed by atoms with Crippen LogP contribution in [-0.4, -0.2) is 69.6 Å². The summed E-state index contributed by atoms with van der Waals surface area (Å²) in [5, 5.41) is 0. The average Bonchev–Trinajstić information content (AvgIpc) is 3.33. The molecule has 1 aromatic rings. The summed E-state index contributed by atoms with van der Waals surface area (Å²) in [6.45, 7) is 13.6. The van der Waals surface area contributed by atoms with Gasteiger partial charge in [-0.3, -0.25) is 14.2 Å². The first-order chi connectivity index (χ1) is 16.7. The SMILES string of the molecule is C/C=C\C(=C/CCC)Oc1ccc(S(=O)N2CCN=C2N2CCN(C3CCC3)CC2)cc1.CC. The number of nitrogens with zero attached hydrogens (tertiary/aromatic N) is 4. The topological polar surface area (TPSA) is 48.4 Å². The largest absolute Gasteiger partial charge is 0.458 e. The van der Waals surface area contributed by atoms with Crippen molar-refractivity contribution >= 4 is 16.9 Å². The van der Waals surface area contributed by atoms with E-state index in [2.05, 4.69) is 22.8 Å². The van der Waals surface area contributed by atoms with Crippen LogP contribution in [0.25, 0.3) is 0 Å². The molecule has 0 spiro atoms. The molecule has 0 bridgehead atoms. The molecule has 188 valence electrons. The van der Waals surface area contributed by atoms with Crippen LogP contribution in [0, 0.1) is 0 Å². The lowest BCUT2D eigenvalue weighted by Crippen LogP contribution is -2.55. The van der Waals surface area contributed by atoms with Crippen LogP contribution >= 0.6 is 0 Å². The molecule has 1 saturated carbocycles. The maximum absolute atomic E-state index is 13.4. The van der Waals surface area contributed by atoms with Gasteiger partial charge in [-0.25, -0.2) is 4.21 Å². The highest BCUT2D eigenvalue weighted by Crippen LogP contribution is 2.26. The lowest BCUT2D eigenvalue weighted by molar-refractivity contribution is 0.0834. The third-order valence-corrected chi connectivity index (χ3v) is 7.82. The lowest BCUT2D eigenvalue weighted by Gasteiger charge is -2.44. The second-order valence-corrected chi connectivity index (χ2v) is 10.0. The van der Waals surface area contributed by atoms with Crippen molar-refractivity contribution < 1.29 is 8.95 Å². The number of rotatable bonds is 8. The first-order valence-electron chi connectivity index (χ1n) is 13.0. The molecule has 1 unspecified atom stereocenters. The number of guanidine groups is 1. The van der Waals surface area contributed by atoms with Crippen molar-refractivity contribution in [2.75, 3.05) is 39.3 Å². The molecule has 0 radical (unpaired) electrons. The molecular weight excluding hydrogens is 444 g/mol. The van der Waals surface area contributed by atoms with Crippen LogP contribution in [0.4, 0.5) is 0 Å². The zero-order valence-corrected chi connectivity index (χ0v) is 22.2. The van der Waals surface area contributed by atoms with Crippen LogP contribution in [-0.2, 0) is 11.0 Å². The number of benzene rings is 1. The van der Waals surface area contributed by atoms with E-state index >= 15 is 0 Å². The Morgan fingerprint density at radius 1 is 1.12 bits per heavy atom. The third kappa shape index (κ3) is 6.72. The number of piperazine rings is 1. The Labute approximate surface area is 209 Å². The van der Waals surface area contributed by atoms with Crippen molar-refractivity contribution in [2.45, 2.75) is 70.7 Å². The highest BCUT2D eigenvalue weighted by molar-refractivity contribution is 7.83. The maximum Gasteiger partial charge on any atom is 0.209 e. The molecule has 6 nitrogen and oxygen atoms in total. The van der Waals surface area contributed by atoms with Gasteiger partial charge in [-0.2, -0.15) is 0 Å². The Morgan fingerprint density at radius 2 is 1.82 bits per heavy atom. The molecule has 2 heterocycles. The van der Waals surface area contributed by atoms with E-state index in [1.165, 1.54) is 19.3 Å². The molecule has 4 rings (SSSR count). The van der Waals surface area contributed by atoms with E-state index in [4.69, 9.17) is 9.73 Å². The molecule has 0 N–H and O–H groups in total. The van der Waals surface area contributed by atoms with Gasteiger partial charge in [0.1, 0.15) is 11.5 Å². The quantitative estimate of drug-likeness (QED) is 0.374. The van der Waals surface area contributed by atoms with Gasteiger partial charge >= 0.3 is 0 Å². The molecule has 7 heteroatoms. The summed E-state index contributed by atoms with van der Waals surface area (Å²) in [5.74, 6) is 2.50. The van der Waals surface area contributed by atoms with E-state index in [0.717, 1.165) is 67.4 Å². The summed E-state index contributed by atoms with van der Waals surface area (Å²) in [7, 11) is -1.26. The second kappa shape index (κ2) is 13.7. The minimum absolute atomic E-state index is 0.703. The first kappa shape index (κ1) is 26.5. The molecule has 1 aliphatic carbocycles. The van der Waals surface area contributed by atoms with Crippen LogP contribution in [0.2, 0.25) is 0 Å². The third-order valence-electron chi connectivity index (χ3n) is 6.39. The fourth-order valence-corrected chi connectivity index (χ4v) is 5.55. The highest BCUT2D eigenvalue weighted by Gasteiger charge is 2.33. The van der Waals surface area contributed by atoms with Crippen molar-refractivity contribution in [1.29, 1.82) is 0 Å². The summed E-state index contributed by atoms with van der Waals surface area (Å²) in [4.78, 5) is 10.4. The second-order valence-electron chi connectivity index (χ2n) is 8.61. The molecule has 1 saturated heterocycles. The van der Waals surface area contributed by atoms with Crippen LogP contribution in [0.1, 0.15) is 59.8 Å². The fourth-order valence-electron chi connectivity index (χ4n) is 4.36. The van der Waals surface area contributed by atoms with Gasteiger partial charge in [-0.05, 0) is 62.6 Å². The van der Waals surface area contributed by atoms with Crippen LogP contribution < -0.4 is 4.74 Å². The molecule has 2 fully saturated rings. The van der Waals surface area contributed by atoms with Crippen LogP contribution in [0.5, 0.6) is 5.75 Å². The van der Waals surface area contributed by atoms with Crippen molar-refractivity contribution in [3.05, 3.63) is 48.3 Å². The van der Waals surface area contributed by atoms with Gasteiger partial charge in [0.25, 0.3) is 0 Å². The van der Waals surface area contributed by atoms with Crippen molar-refractivity contribution in [3.63, 3.8) is 0 Å². The number of hydrogen-bond acceptors (Lipinski definition) is 5. The number of aliphatic imine (C=N–C) groups is 1. The van der Waals surface area contributed by atoms with E-state index in [-0.39, 0.29) is 0 Å². The van der Waals surface area contributed by atoms with Crippen LogP contribution in [0.15, 0.2) is 58.1 Å². The van der Waals surface area contributed by atoms with E-state index in [0.29, 0.717) is 13.1 Å². The Kier molecular flexibility index (Phi) is 10.7.